The van der Waals surface area contributed by atoms with Crippen LogP contribution in [0.2, 0.25) is 0 Å². The zero-order valence-electron chi connectivity index (χ0n) is 17.5. The average molecular weight is 453 g/mol. The van der Waals surface area contributed by atoms with Crippen molar-refractivity contribution in [2.24, 2.45) is 0 Å². The van der Waals surface area contributed by atoms with Gasteiger partial charge in [0.25, 0.3) is 0 Å². The first kappa shape index (κ1) is 21.2. The molecule has 10 heteroatoms. The molecule has 3 heterocycles. The molecule has 1 fully saturated rings. The van der Waals surface area contributed by atoms with E-state index in [0.717, 1.165) is 18.1 Å². The number of ether oxygens (including phenoxy) is 2. The Bertz CT molecular complexity index is 1290. The fourth-order valence-electron chi connectivity index (χ4n) is 3.97. The van der Waals surface area contributed by atoms with Gasteiger partial charge in [-0.15, -0.1) is 0 Å². The van der Waals surface area contributed by atoms with Gasteiger partial charge in [-0.2, -0.15) is 9.49 Å². The number of nitrogens with zero attached hydrogens (tertiary/aromatic N) is 4. The van der Waals surface area contributed by atoms with E-state index in [4.69, 9.17) is 20.2 Å². The maximum atomic E-state index is 13.9. The Morgan fingerprint density at radius 3 is 2.70 bits per heavy atom. The Hall–Kier alpha value is -3.63. The standard InChI is InChI=1S/C23H21F2N5O3/c24-17-2-1-3-18(19(17)25)33-15-7-4-13(5-8-15)20-21-22(26)27-12-28-30(21)23(29-20)14-6-9-16(10-31)32-11-14/h1-5,7-8,12,14,16,31H,6,9-11H2,(H2,26,27,28)/t14-,16-/m0/s1. The van der Waals surface area contributed by atoms with E-state index in [9.17, 15) is 13.9 Å². The van der Waals surface area contributed by atoms with E-state index in [0.29, 0.717) is 35.8 Å². The Morgan fingerprint density at radius 1 is 1.15 bits per heavy atom. The molecule has 33 heavy (non-hydrogen) atoms. The number of benzene rings is 2. The van der Waals surface area contributed by atoms with Crippen molar-refractivity contribution in [2.75, 3.05) is 18.9 Å². The minimum Gasteiger partial charge on any atom is -0.454 e. The predicted octanol–water partition coefficient (Wildman–Crippen LogP) is 3.70. The number of aliphatic hydroxyl groups excluding tert-OH is 1. The summed E-state index contributed by atoms with van der Waals surface area (Å²) in [6.07, 6.45) is 2.72. The Labute approximate surface area is 187 Å². The summed E-state index contributed by atoms with van der Waals surface area (Å²) in [6, 6.07) is 10.5. The second-order valence-electron chi connectivity index (χ2n) is 7.81. The molecule has 1 aliphatic rings. The summed E-state index contributed by atoms with van der Waals surface area (Å²) < 4.78 is 40.2. The van der Waals surface area contributed by atoms with Crippen LogP contribution in [0.15, 0.2) is 48.8 Å². The zero-order valence-corrected chi connectivity index (χ0v) is 17.5. The Morgan fingerprint density at radius 2 is 1.97 bits per heavy atom. The number of rotatable bonds is 5. The summed E-state index contributed by atoms with van der Waals surface area (Å²) in [5.41, 5.74) is 8.06. The highest BCUT2D eigenvalue weighted by atomic mass is 19.2. The third-order valence-electron chi connectivity index (χ3n) is 5.70. The van der Waals surface area contributed by atoms with Crippen LogP contribution in [0.25, 0.3) is 16.8 Å². The van der Waals surface area contributed by atoms with Gasteiger partial charge in [-0.05, 0) is 49.2 Å². The van der Waals surface area contributed by atoms with E-state index in [1.165, 1.54) is 18.5 Å². The molecule has 0 amide bonds. The summed E-state index contributed by atoms with van der Waals surface area (Å²) >= 11 is 0. The summed E-state index contributed by atoms with van der Waals surface area (Å²) in [5.74, 6) is -0.913. The fourth-order valence-corrected chi connectivity index (χ4v) is 3.97. The minimum atomic E-state index is -1.05. The van der Waals surface area contributed by atoms with Crippen LogP contribution in [0.3, 0.4) is 0 Å². The number of imidazole rings is 1. The van der Waals surface area contributed by atoms with E-state index in [2.05, 4.69) is 10.1 Å². The number of nitrogen functional groups attached to an aromatic ring is 1. The van der Waals surface area contributed by atoms with Gasteiger partial charge in [0.1, 0.15) is 29.1 Å². The molecule has 0 aliphatic carbocycles. The number of halogens is 2. The number of hydrogen-bond acceptors (Lipinski definition) is 7. The molecule has 8 nitrogen and oxygen atoms in total. The van der Waals surface area contributed by atoms with Gasteiger partial charge in [0.2, 0.25) is 5.82 Å². The average Bonchev–Trinajstić information content (AvgIpc) is 3.24. The first-order valence-corrected chi connectivity index (χ1v) is 10.5. The second kappa shape index (κ2) is 8.72. The molecule has 0 unspecified atom stereocenters. The van der Waals surface area contributed by atoms with Gasteiger partial charge in [0.05, 0.1) is 19.3 Å². The van der Waals surface area contributed by atoms with Crippen LogP contribution in [-0.2, 0) is 4.74 Å². The molecule has 1 aliphatic heterocycles. The molecule has 0 saturated carbocycles. The normalized spacial score (nSPS) is 18.5. The van der Waals surface area contributed by atoms with Crippen molar-refractivity contribution in [2.45, 2.75) is 24.9 Å². The van der Waals surface area contributed by atoms with E-state index in [-0.39, 0.29) is 30.2 Å². The molecule has 170 valence electrons. The lowest BCUT2D eigenvalue weighted by atomic mass is 9.98. The molecule has 3 N–H and O–H groups in total. The zero-order chi connectivity index (χ0) is 22.9. The van der Waals surface area contributed by atoms with Crippen molar-refractivity contribution in [3.05, 3.63) is 66.3 Å². The largest absolute Gasteiger partial charge is 0.454 e. The van der Waals surface area contributed by atoms with Crippen molar-refractivity contribution >= 4 is 11.3 Å². The first-order valence-electron chi connectivity index (χ1n) is 10.5. The quantitative estimate of drug-likeness (QED) is 0.474. The monoisotopic (exact) mass is 453 g/mol. The molecule has 2 atom stereocenters. The molecule has 0 spiro atoms. The molecule has 0 radical (unpaired) electrons. The number of nitrogens with two attached hydrogens (primary N) is 1. The van der Waals surface area contributed by atoms with Crippen LogP contribution in [0, 0.1) is 11.6 Å². The SMILES string of the molecule is Nc1ncnn2c([C@H]3CC[C@@H](CO)OC3)nc(-c3ccc(Oc4cccc(F)c4F)cc3)c12. The number of aliphatic hydroxyl groups is 1. The summed E-state index contributed by atoms with van der Waals surface area (Å²) in [4.78, 5) is 8.93. The lowest BCUT2D eigenvalue weighted by Crippen LogP contribution is -2.28. The molecule has 1 saturated heterocycles. The number of anilines is 1. The molecule has 5 rings (SSSR count). The van der Waals surface area contributed by atoms with Crippen LogP contribution >= 0.6 is 0 Å². The van der Waals surface area contributed by atoms with Gasteiger partial charge in [-0.3, -0.25) is 0 Å². The molecule has 2 aromatic carbocycles. The van der Waals surface area contributed by atoms with Crippen molar-refractivity contribution in [1.29, 1.82) is 0 Å². The lowest BCUT2D eigenvalue weighted by molar-refractivity contribution is -0.0284. The second-order valence-corrected chi connectivity index (χ2v) is 7.81. The summed E-state index contributed by atoms with van der Waals surface area (Å²) in [6.45, 7) is 0.406. The van der Waals surface area contributed by atoms with Crippen molar-refractivity contribution in [3.63, 3.8) is 0 Å². The fraction of sp³-hybridized carbons (Fsp3) is 0.261. The van der Waals surface area contributed by atoms with E-state index < -0.39 is 11.6 Å². The van der Waals surface area contributed by atoms with Crippen LogP contribution < -0.4 is 10.5 Å². The van der Waals surface area contributed by atoms with Gasteiger partial charge < -0.3 is 20.3 Å². The number of aromatic nitrogens is 4. The predicted molar refractivity (Wildman–Crippen MR) is 116 cm³/mol. The summed E-state index contributed by atoms with van der Waals surface area (Å²) in [5, 5.41) is 13.7. The maximum absolute atomic E-state index is 13.9. The minimum absolute atomic E-state index is 0.0106. The molecular formula is C23H21F2N5O3. The third kappa shape index (κ3) is 3.98. The first-order chi connectivity index (χ1) is 16.0. The van der Waals surface area contributed by atoms with Crippen molar-refractivity contribution in [3.8, 4) is 22.8 Å². The topological polar surface area (TPSA) is 108 Å². The highest BCUT2D eigenvalue weighted by molar-refractivity contribution is 5.85. The smallest absolute Gasteiger partial charge is 0.201 e. The van der Waals surface area contributed by atoms with Crippen LogP contribution in [0.5, 0.6) is 11.5 Å². The number of fused-ring (bicyclic) bond motifs is 1. The van der Waals surface area contributed by atoms with Crippen molar-refractivity contribution in [1.82, 2.24) is 19.6 Å². The Balaban J connectivity index is 1.48. The van der Waals surface area contributed by atoms with Gasteiger partial charge >= 0.3 is 0 Å². The molecule has 2 aromatic heterocycles. The maximum Gasteiger partial charge on any atom is 0.201 e. The van der Waals surface area contributed by atoms with E-state index in [1.807, 2.05) is 0 Å². The van der Waals surface area contributed by atoms with Crippen LogP contribution in [0.1, 0.15) is 24.6 Å². The highest BCUT2D eigenvalue weighted by Gasteiger charge is 2.28. The van der Waals surface area contributed by atoms with Gasteiger partial charge in [0.15, 0.2) is 17.4 Å². The van der Waals surface area contributed by atoms with E-state index in [1.54, 1.807) is 28.8 Å². The third-order valence-corrected chi connectivity index (χ3v) is 5.70. The molecule has 0 bridgehead atoms. The highest BCUT2D eigenvalue weighted by Crippen LogP contribution is 2.35. The van der Waals surface area contributed by atoms with Crippen LogP contribution in [0.4, 0.5) is 14.6 Å². The van der Waals surface area contributed by atoms with Gasteiger partial charge in [-0.25, -0.2) is 18.9 Å². The van der Waals surface area contributed by atoms with E-state index >= 15 is 0 Å². The van der Waals surface area contributed by atoms with Gasteiger partial charge in [-0.1, -0.05) is 6.07 Å². The summed E-state index contributed by atoms with van der Waals surface area (Å²) in [7, 11) is 0. The molecule has 4 aromatic rings. The number of hydrogen-bond donors (Lipinski definition) is 2. The molecular weight excluding hydrogens is 432 g/mol. The Kier molecular flexibility index (Phi) is 5.61. The van der Waals surface area contributed by atoms with Crippen LogP contribution in [-0.4, -0.2) is 44.0 Å². The van der Waals surface area contributed by atoms with Crippen molar-refractivity contribution < 1.29 is 23.4 Å². The van der Waals surface area contributed by atoms with Gasteiger partial charge in [0, 0.05) is 11.5 Å². The lowest BCUT2D eigenvalue weighted by Gasteiger charge is -2.26.